The fourth-order valence-corrected chi connectivity index (χ4v) is 0.371. The third-order valence-corrected chi connectivity index (χ3v) is 0.671. The Morgan fingerprint density at radius 1 is 1.44 bits per heavy atom. The van der Waals surface area contributed by atoms with Crippen LogP contribution in [0.1, 0.15) is 0 Å². The van der Waals surface area contributed by atoms with Gasteiger partial charge < -0.3 is 0 Å². The molecule has 0 unspecified atom stereocenters. The summed E-state index contributed by atoms with van der Waals surface area (Å²) in [6.45, 7) is 0. The Morgan fingerprint density at radius 2 is 2.11 bits per heavy atom. The van der Waals surface area contributed by atoms with E-state index >= 15 is 0 Å². The first-order valence-electron chi connectivity index (χ1n) is 2.31. The Hall–Kier alpha value is -0.427. The topological polar surface area (TPSA) is 17.1 Å². The van der Waals surface area contributed by atoms with Crippen LogP contribution in [0.15, 0.2) is 24.3 Å². The van der Waals surface area contributed by atoms with Crippen molar-refractivity contribution in [3.05, 3.63) is 36.1 Å². The molecular weight excluding hydrogens is 172 g/mol. The molecule has 0 saturated carbocycles. The summed E-state index contributed by atoms with van der Waals surface area (Å²) in [5.74, 6) is -0.303. The van der Waals surface area contributed by atoms with Gasteiger partial charge in [-0.15, -0.1) is 0 Å². The summed E-state index contributed by atoms with van der Waals surface area (Å²) < 4.78 is 20.2. The van der Waals surface area contributed by atoms with Crippen LogP contribution in [0.25, 0.3) is 0 Å². The van der Waals surface area contributed by atoms with Gasteiger partial charge in [0.2, 0.25) is 0 Å². The van der Waals surface area contributed by atoms with Gasteiger partial charge in [-0.1, -0.05) is 18.2 Å². The van der Waals surface area contributed by atoms with Crippen LogP contribution in [0.3, 0.4) is 0 Å². The van der Waals surface area contributed by atoms with Crippen LogP contribution in [0.5, 0.6) is 0 Å². The molecule has 0 aliphatic rings. The molecular formula is C6H4FOZn. The van der Waals surface area contributed by atoms with Gasteiger partial charge in [0.1, 0.15) is 5.82 Å². The van der Waals surface area contributed by atoms with Crippen LogP contribution >= 0.6 is 0 Å². The Morgan fingerprint density at radius 3 is 2.33 bits per heavy atom. The summed E-state index contributed by atoms with van der Waals surface area (Å²) in [5, 5.41) is 0. The second kappa shape index (κ2) is 5.71. The Balaban J connectivity index is 0.000000291. The molecule has 0 heterocycles. The normalized spacial score (nSPS) is 7.44. The minimum atomic E-state index is -0.303. The molecule has 1 rings (SSSR count). The average molecular weight is 176 g/mol. The molecule has 0 spiro atoms. The molecule has 0 amide bonds. The molecule has 1 nitrogen and oxygen atoms in total. The maximum atomic E-state index is 11.9. The predicted molar refractivity (Wildman–Crippen MR) is 25.9 cm³/mol. The van der Waals surface area contributed by atoms with E-state index in [0.717, 1.165) is 0 Å². The molecule has 0 saturated heterocycles. The van der Waals surface area contributed by atoms with E-state index in [2.05, 4.69) is 6.07 Å². The molecule has 0 fully saturated rings. The van der Waals surface area contributed by atoms with Gasteiger partial charge in [0.05, 0.1) is 0 Å². The third kappa shape index (κ3) is 4.10. The molecule has 0 atom stereocenters. The van der Waals surface area contributed by atoms with Crippen LogP contribution in [-0.4, -0.2) is 0 Å². The van der Waals surface area contributed by atoms with E-state index < -0.39 is 0 Å². The van der Waals surface area contributed by atoms with Crippen molar-refractivity contribution in [1.29, 1.82) is 0 Å². The van der Waals surface area contributed by atoms with E-state index in [1.807, 2.05) is 0 Å². The summed E-state index contributed by atoms with van der Waals surface area (Å²) in [4.78, 5) is 0. The molecule has 1 radical (unpaired) electrons. The Bertz CT molecular complexity index is 154. The average Bonchev–Trinajstić information content (AvgIpc) is 1.94. The fourth-order valence-electron chi connectivity index (χ4n) is 0.371. The van der Waals surface area contributed by atoms with Crippen molar-refractivity contribution in [3.63, 3.8) is 0 Å². The van der Waals surface area contributed by atoms with Crippen LogP contribution < -0.4 is 0 Å². The third-order valence-electron chi connectivity index (χ3n) is 0.671. The number of rotatable bonds is 0. The van der Waals surface area contributed by atoms with Gasteiger partial charge in [-0.05, 0) is 6.07 Å². The molecule has 0 bridgehead atoms. The molecule has 0 N–H and O–H groups in total. The standard InChI is InChI=1S/C6H4F.O.Zn/c7-6-4-2-1-3-5-6;;/h1-4H;;. The summed E-state index contributed by atoms with van der Waals surface area (Å²) in [5.41, 5.74) is 0. The molecule has 0 aliphatic heterocycles. The van der Waals surface area contributed by atoms with Crippen molar-refractivity contribution in [2.24, 2.45) is 0 Å². The first-order chi connectivity index (χ1) is 4.39. The van der Waals surface area contributed by atoms with E-state index in [4.69, 9.17) is 3.57 Å². The van der Waals surface area contributed by atoms with E-state index in [1.54, 1.807) is 12.1 Å². The first kappa shape index (κ1) is 8.57. The number of halogens is 1. The second-order valence-electron chi connectivity index (χ2n) is 1.21. The second-order valence-corrected chi connectivity index (χ2v) is 1.21. The van der Waals surface area contributed by atoms with Crippen LogP contribution in [0, 0.1) is 11.9 Å². The fraction of sp³-hybridized carbons (Fsp3) is 0. The quantitative estimate of drug-likeness (QED) is 0.548. The molecule has 0 aliphatic carbocycles. The Kier molecular flexibility index (Phi) is 5.43. The van der Waals surface area contributed by atoms with Gasteiger partial charge in [0.25, 0.3) is 0 Å². The molecule has 1 aromatic rings. The van der Waals surface area contributed by atoms with Gasteiger partial charge in [0, 0.05) is 6.07 Å². The number of hydrogen-bond acceptors (Lipinski definition) is 1. The minimum absolute atomic E-state index is 0.125. The van der Waals surface area contributed by atoms with Gasteiger partial charge in [-0.2, -0.15) is 0 Å². The van der Waals surface area contributed by atoms with Crippen molar-refractivity contribution in [3.8, 4) is 0 Å². The first-order valence-corrected chi connectivity index (χ1v) is 3.52. The molecule has 1 aromatic carbocycles. The molecule has 3 heteroatoms. The SMILES string of the molecule is Fc1[c]cccc1.[O]=[Zn]. The predicted octanol–water partition coefficient (Wildman–Crippen LogP) is 1.50. The van der Waals surface area contributed by atoms with Crippen molar-refractivity contribution < 1.29 is 26.2 Å². The van der Waals surface area contributed by atoms with Gasteiger partial charge >= 0.3 is 21.8 Å². The summed E-state index contributed by atoms with van der Waals surface area (Å²) in [6.07, 6.45) is 0. The van der Waals surface area contributed by atoms with Crippen LogP contribution in [-0.2, 0) is 21.8 Å². The zero-order valence-corrected chi connectivity index (χ0v) is 7.77. The Labute approximate surface area is 62.8 Å². The monoisotopic (exact) mass is 175 g/mol. The molecule has 43 valence electrons. The maximum absolute atomic E-state index is 11.9. The van der Waals surface area contributed by atoms with Crippen molar-refractivity contribution in [1.82, 2.24) is 0 Å². The van der Waals surface area contributed by atoms with E-state index in [0.29, 0.717) is 0 Å². The summed E-state index contributed by atoms with van der Waals surface area (Å²) in [7, 11) is 0. The number of hydrogen-bond donors (Lipinski definition) is 0. The van der Waals surface area contributed by atoms with Gasteiger partial charge in [-0.3, -0.25) is 0 Å². The van der Waals surface area contributed by atoms with Gasteiger partial charge in [-0.25, -0.2) is 4.39 Å². The van der Waals surface area contributed by atoms with Crippen molar-refractivity contribution in [2.75, 3.05) is 0 Å². The zero-order valence-electron chi connectivity index (χ0n) is 4.80. The molecule has 9 heavy (non-hydrogen) atoms. The van der Waals surface area contributed by atoms with E-state index in [-0.39, 0.29) is 24.1 Å². The van der Waals surface area contributed by atoms with Crippen molar-refractivity contribution >= 4 is 0 Å². The van der Waals surface area contributed by atoms with Crippen LogP contribution in [0.2, 0.25) is 0 Å². The number of benzene rings is 1. The summed E-state index contributed by atoms with van der Waals surface area (Å²) in [6, 6.07) is 8.62. The van der Waals surface area contributed by atoms with Crippen LogP contribution in [0.4, 0.5) is 4.39 Å². The zero-order chi connectivity index (χ0) is 7.11. The van der Waals surface area contributed by atoms with Crippen molar-refractivity contribution in [2.45, 2.75) is 0 Å². The van der Waals surface area contributed by atoms with Gasteiger partial charge in [0.15, 0.2) is 0 Å². The van der Waals surface area contributed by atoms with E-state index in [1.165, 1.54) is 12.1 Å². The molecule has 0 aromatic heterocycles. The summed E-state index contributed by atoms with van der Waals surface area (Å²) >= 11 is 0.125. The van der Waals surface area contributed by atoms with E-state index in [9.17, 15) is 4.39 Å².